The first-order valence-corrected chi connectivity index (χ1v) is 19.2. The van der Waals surface area contributed by atoms with Gasteiger partial charge < -0.3 is 19.1 Å². The molecule has 44 heavy (non-hydrogen) atoms. The van der Waals surface area contributed by atoms with Gasteiger partial charge in [0.1, 0.15) is 6.61 Å². The Kier molecular flexibility index (Phi) is 17.6. The molecule has 0 saturated carbocycles. The van der Waals surface area contributed by atoms with Crippen molar-refractivity contribution in [2.75, 3.05) is 26.4 Å². The molecule has 0 aromatic heterocycles. The third-order valence-corrected chi connectivity index (χ3v) is 10.6. The Hall–Kier alpha value is -1.75. The van der Waals surface area contributed by atoms with Crippen LogP contribution in [0.5, 0.6) is 0 Å². The zero-order valence-corrected chi connectivity index (χ0v) is 28.6. The number of nitrogens with zero attached hydrogens (tertiary/aromatic N) is 1. The van der Waals surface area contributed by atoms with Crippen molar-refractivity contribution in [2.24, 2.45) is 5.92 Å². The second-order valence-electron chi connectivity index (χ2n) is 12.2. The third-order valence-electron chi connectivity index (χ3n) is 8.28. The van der Waals surface area contributed by atoms with E-state index in [-0.39, 0.29) is 24.2 Å². The molecule has 2 aliphatic rings. The minimum absolute atomic E-state index is 0.0440. The summed E-state index contributed by atoms with van der Waals surface area (Å²) in [5.41, 5.74) is 0.330. The van der Waals surface area contributed by atoms with Gasteiger partial charge in [-0.1, -0.05) is 113 Å². The molecule has 2 aliphatic heterocycles. The first kappa shape index (κ1) is 36.7. The Bertz CT molecular complexity index is 1060. The Balaban J connectivity index is 1.15. The number of ether oxygens (including phenoxy) is 3. The number of benzene rings is 1. The normalized spacial score (nSPS) is 20.0. The van der Waals surface area contributed by atoms with Gasteiger partial charge in [-0.25, -0.2) is 8.98 Å². The van der Waals surface area contributed by atoms with Crippen LogP contribution in [0.2, 0.25) is 0 Å². The number of hydrogen-bond acceptors (Lipinski definition) is 9. The van der Waals surface area contributed by atoms with Crippen LogP contribution < -0.4 is 0 Å². The summed E-state index contributed by atoms with van der Waals surface area (Å²) >= 11 is 1.30. The van der Waals surface area contributed by atoms with Crippen molar-refractivity contribution in [3.63, 3.8) is 0 Å². The quantitative estimate of drug-likeness (QED) is 0.0652. The number of carbonyl (C=O) groups is 1. The van der Waals surface area contributed by atoms with Crippen molar-refractivity contribution in [3.05, 3.63) is 41.4 Å². The summed E-state index contributed by atoms with van der Waals surface area (Å²) in [5.74, 6) is 0.556. The second kappa shape index (κ2) is 21.1. The Morgan fingerprint density at radius 2 is 1.57 bits per heavy atom. The summed E-state index contributed by atoms with van der Waals surface area (Å²) in [5, 5.41) is 1.82. The number of carbonyl (C=O) groups excluding carboxylic acids is 1. The molecule has 0 aliphatic carbocycles. The maximum Gasteiger partial charge on any atom is 0.508 e. The van der Waals surface area contributed by atoms with Gasteiger partial charge in [-0.05, 0) is 56.1 Å². The molecule has 1 aromatic rings. The van der Waals surface area contributed by atoms with E-state index in [9.17, 15) is 13.2 Å². The van der Waals surface area contributed by atoms with Crippen molar-refractivity contribution in [3.8, 4) is 0 Å². The Morgan fingerprint density at radius 3 is 2.25 bits per heavy atom. The number of rotatable bonds is 23. The van der Waals surface area contributed by atoms with Gasteiger partial charge in [0, 0.05) is 12.7 Å². The molecule has 2 heterocycles. The SMILES string of the molecule is CCCCCCCCCCCCCCC1COC(COC(=O)OCCCCN2C=CSC2OS(=O)(=O)c2ccc(C)cc2)C1. The van der Waals surface area contributed by atoms with Gasteiger partial charge in [-0.15, -0.1) is 0 Å². The van der Waals surface area contributed by atoms with Gasteiger partial charge in [-0.3, -0.25) is 0 Å². The lowest BCUT2D eigenvalue weighted by Gasteiger charge is -2.24. The molecule has 1 aromatic carbocycles. The van der Waals surface area contributed by atoms with Crippen LogP contribution in [0.1, 0.15) is 115 Å². The van der Waals surface area contributed by atoms with Crippen LogP contribution >= 0.6 is 11.8 Å². The Morgan fingerprint density at radius 1 is 0.909 bits per heavy atom. The molecule has 1 saturated heterocycles. The predicted octanol–water partition coefficient (Wildman–Crippen LogP) is 8.93. The van der Waals surface area contributed by atoms with Crippen LogP contribution in [-0.2, 0) is 28.5 Å². The minimum atomic E-state index is -3.87. The fourth-order valence-corrected chi connectivity index (χ4v) is 7.67. The third kappa shape index (κ3) is 14.6. The molecule has 0 N–H and O–H groups in total. The summed E-state index contributed by atoms with van der Waals surface area (Å²) in [4.78, 5) is 14.0. The summed E-state index contributed by atoms with van der Waals surface area (Å²) in [6.45, 7) is 5.97. The van der Waals surface area contributed by atoms with Crippen molar-refractivity contribution < 1.29 is 31.6 Å². The number of unbranched alkanes of at least 4 members (excludes halogenated alkanes) is 12. The van der Waals surface area contributed by atoms with Crippen LogP contribution in [0, 0.1) is 12.8 Å². The molecule has 0 amide bonds. The van der Waals surface area contributed by atoms with Crippen LogP contribution in [-0.4, -0.2) is 57.5 Å². The largest absolute Gasteiger partial charge is 0.508 e. The van der Waals surface area contributed by atoms with Crippen molar-refractivity contribution in [1.82, 2.24) is 4.90 Å². The summed E-state index contributed by atoms with van der Waals surface area (Å²) in [6.07, 6.45) is 20.9. The van der Waals surface area contributed by atoms with Gasteiger partial charge in [0.05, 0.1) is 24.2 Å². The van der Waals surface area contributed by atoms with Crippen molar-refractivity contribution in [1.29, 1.82) is 0 Å². The summed E-state index contributed by atoms with van der Waals surface area (Å²) < 4.78 is 47.1. The monoisotopic (exact) mass is 653 g/mol. The van der Waals surface area contributed by atoms with Crippen LogP contribution in [0.25, 0.3) is 0 Å². The molecule has 8 nitrogen and oxygen atoms in total. The molecular formula is C34H55NO7S2. The van der Waals surface area contributed by atoms with E-state index in [1.807, 2.05) is 23.4 Å². The maximum atomic E-state index is 12.6. The van der Waals surface area contributed by atoms with E-state index in [0.717, 1.165) is 18.6 Å². The molecule has 0 bridgehead atoms. The van der Waals surface area contributed by atoms with E-state index < -0.39 is 21.8 Å². The molecule has 3 rings (SSSR count). The van der Waals surface area contributed by atoms with Gasteiger partial charge in [-0.2, -0.15) is 8.42 Å². The average Bonchev–Trinajstić information content (AvgIpc) is 3.65. The van der Waals surface area contributed by atoms with Gasteiger partial charge >= 0.3 is 6.16 Å². The molecule has 250 valence electrons. The molecule has 1 fully saturated rings. The maximum absolute atomic E-state index is 12.6. The number of thioether (sulfide) groups is 1. The molecule has 0 radical (unpaired) electrons. The number of hydrogen-bond donors (Lipinski definition) is 0. The average molecular weight is 654 g/mol. The van der Waals surface area contributed by atoms with E-state index >= 15 is 0 Å². The number of aryl methyl sites for hydroxylation is 1. The lowest BCUT2D eigenvalue weighted by atomic mass is 9.97. The standard InChI is InChI=1S/C34H55NO7S2/c1-3-4-5-6-7-8-9-10-11-12-13-14-17-30-26-31(40-27-30)28-41-34(36)39-24-16-15-22-35-23-25-43-33(35)42-44(37,38)32-20-18-29(2)19-21-32/h18-21,23,25,30-31,33H,3-17,22,24,26-28H2,1-2H3. The van der Waals surface area contributed by atoms with Gasteiger partial charge in [0.15, 0.2) is 0 Å². The van der Waals surface area contributed by atoms with Crippen LogP contribution in [0.4, 0.5) is 4.79 Å². The van der Waals surface area contributed by atoms with Crippen molar-refractivity contribution >= 4 is 28.0 Å². The molecule has 3 unspecified atom stereocenters. The van der Waals surface area contributed by atoms with Crippen molar-refractivity contribution in [2.45, 2.75) is 133 Å². The van der Waals surface area contributed by atoms with Gasteiger partial charge in [0.2, 0.25) is 5.56 Å². The summed E-state index contributed by atoms with van der Waals surface area (Å²) in [6, 6.07) is 6.60. The second-order valence-corrected chi connectivity index (χ2v) is 14.7. The van der Waals surface area contributed by atoms with Crippen LogP contribution in [0.15, 0.2) is 40.8 Å². The lowest BCUT2D eigenvalue weighted by molar-refractivity contribution is 0.00701. The first-order valence-electron chi connectivity index (χ1n) is 16.9. The highest BCUT2D eigenvalue weighted by molar-refractivity contribution is 8.03. The van der Waals surface area contributed by atoms with E-state index in [4.69, 9.17) is 18.4 Å². The fourth-order valence-electron chi connectivity index (χ4n) is 5.58. The summed E-state index contributed by atoms with van der Waals surface area (Å²) in [7, 11) is -3.87. The lowest BCUT2D eigenvalue weighted by Crippen LogP contribution is -2.30. The topological polar surface area (TPSA) is 91.4 Å². The predicted molar refractivity (Wildman–Crippen MR) is 177 cm³/mol. The highest BCUT2D eigenvalue weighted by Crippen LogP contribution is 2.30. The smallest absolute Gasteiger partial charge is 0.434 e. The first-order chi connectivity index (χ1) is 21.4. The fraction of sp³-hybridized carbons (Fsp3) is 0.735. The Labute approximate surface area is 270 Å². The highest BCUT2D eigenvalue weighted by Gasteiger charge is 2.28. The zero-order chi connectivity index (χ0) is 31.5. The van der Waals surface area contributed by atoms with E-state index in [1.54, 1.807) is 24.3 Å². The minimum Gasteiger partial charge on any atom is -0.434 e. The molecule has 0 spiro atoms. The van der Waals surface area contributed by atoms with E-state index in [0.29, 0.717) is 25.3 Å². The molecule has 10 heteroatoms. The molecule has 3 atom stereocenters. The highest BCUT2D eigenvalue weighted by atomic mass is 32.2. The van der Waals surface area contributed by atoms with E-state index in [1.165, 1.54) is 95.2 Å². The van der Waals surface area contributed by atoms with Gasteiger partial charge in [0.25, 0.3) is 10.1 Å². The van der Waals surface area contributed by atoms with E-state index in [2.05, 4.69) is 6.92 Å². The van der Waals surface area contributed by atoms with Crippen LogP contribution in [0.3, 0.4) is 0 Å². The molecular weight excluding hydrogens is 599 g/mol. The zero-order valence-electron chi connectivity index (χ0n) is 27.0.